The Kier molecular flexibility index (Phi) is 5.83. The largest absolute Gasteiger partial charge is 0.481 e. The molecule has 0 unspecified atom stereocenters. The minimum Gasteiger partial charge on any atom is -0.481 e. The number of carbonyl (C=O) groups is 1. The van der Waals surface area contributed by atoms with Gasteiger partial charge in [-0.2, -0.15) is 0 Å². The van der Waals surface area contributed by atoms with Gasteiger partial charge in [-0.25, -0.2) is 9.78 Å². The van der Waals surface area contributed by atoms with E-state index in [-0.39, 0.29) is 36.8 Å². The van der Waals surface area contributed by atoms with Gasteiger partial charge in [0.15, 0.2) is 11.2 Å². The Morgan fingerprint density at radius 2 is 1.93 bits per heavy atom. The molecule has 0 bridgehead atoms. The van der Waals surface area contributed by atoms with Gasteiger partial charge in [0.25, 0.3) is 5.56 Å². The van der Waals surface area contributed by atoms with Crippen LogP contribution in [0.25, 0.3) is 11.2 Å². The van der Waals surface area contributed by atoms with Crippen LogP contribution in [0.15, 0.2) is 40.2 Å². The molecule has 0 aliphatic carbocycles. The number of fused-ring (bicyclic) bond motifs is 1. The minimum atomic E-state index is -0.499. The number of nitrogens with one attached hydrogen (secondary N) is 1. The number of para-hydroxylation sites is 1. The van der Waals surface area contributed by atoms with Crippen molar-refractivity contribution in [2.75, 3.05) is 13.2 Å². The first kappa shape index (κ1) is 19.9. The van der Waals surface area contributed by atoms with Crippen LogP contribution in [0.1, 0.15) is 5.56 Å². The summed E-state index contributed by atoms with van der Waals surface area (Å²) < 4.78 is 9.23. The van der Waals surface area contributed by atoms with E-state index >= 15 is 0 Å². The molecule has 1 N–H and O–H groups in total. The molecule has 1 amide bonds. The Bertz CT molecular complexity index is 1240. The Morgan fingerprint density at radius 1 is 1.17 bits per heavy atom. The number of ether oxygens (including phenoxy) is 1. The van der Waals surface area contributed by atoms with Crippen molar-refractivity contribution < 1.29 is 9.53 Å². The van der Waals surface area contributed by atoms with E-state index in [4.69, 9.17) is 4.74 Å². The van der Waals surface area contributed by atoms with Crippen molar-refractivity contribution in [3.05, 3.63) is 57.0 Å². The number of rotatable bonds is 5. The number of benzene rings is 1. The number of amides is 1. The number of aromatic nitrogens is 4. The van der Waals surface area contributed by atoms with Gasteiger partial charge in [0.05, 0.1) is 12.9 Å². The molecule has 0 atom stereocenters. The second-order valence-corrected chi connectivity index (χ2v) is 6.43. The van der Waals surface area contributed by atoms with Crippen molar-refractivity contribution in [2.24, 2.45) is 14.1 Å². The highest BCUT2D eigenvalue weighted by molar-refractivity contribution is 5.79. The monoisotopic (exact) mass is 395 g/mol. The molecule has 9 nitrogen and oxygen atoms in total. The van der Waals surface area contributed by atoms with Crippen molar-refractivity contribution in [2.45, 2.75) is 13.5 Å². The molecule has 0 aliphatic heterocycles. The average molecular weight is 395 g/mol. The summed E-state index contributed by atoms with van der Waals surface area (Å²) in [6.45, 7) is 2.22. The molecule has 0 saturated heterocycles. The maximum Gasteiger partial charge on any atom is 0.332 e. The van der Waals surface area contributed by atoms with E-state index in [1.165, 1.54) is 29.6 Å². The summed E-state index contributed by atoms with van der Waals surface area (Å²) in [5, 5.41) is 2.66. The summed E-state index contributed by atoms with van der Waals surface area (Å²) in [7, 11) is 2.91. The fourth-order valence-corrected chi connectivity index (χ4v) is 2.82. The lowest BCUT2D eigenvalue weighted by atomic mass is 10.2. The van der Waals surface area contributed by atoms with Gasteiger partial charge >= 0.3 is 5.69 Å². The van der Waals surface area contributed by atoms with Crippen LogP contribution in [-0.4, -0.2) is 37.7 Å². The van der Waals surface area contributed by atoms with Crippen molar-refractivity contribution in [1.82, 2.24) is 24.0 Å². The lowest BCUT2D eigenvalue weighted by Crippen LogP contribution is -2.38. The van der Waals surface area contributed by atoms with Gasteiger partial charge in [0, 0.05) is 14.1 Å². The molecule has 0 fully saturated rings. The van der Waals surface area contributed by atoms with Gasteiger partial charge in [0.2, 0.25) is 5.91 Å². The number of carbonyl (C=O) groups excluding carboxylic acids is 1. The van der Waals surface area contributed by atoms with Gasteiger partial charge in [-0.05, 0) is 18.6 Å². The molecule has 150 valence electrons. The summed E-state index contributed by atoms with van der Waals surface area (Å²) in [5.74, 6) is 6.10. The normalized spacial score (nSPS) is 10.4. The highest BCUT2D eigenvalue weighted by atomic mass is 16.5. The van der Waals surface area contributed by atoms with Crippen LogP contribution in [0.2, 0.25) is 0 Å². The summed E-state index contributed by atoms with van der Waals surface area (Å²) in [6, 6.07) is 7.64. The third-order valence-electron chi connectivity index (χ3n) is 4.42. The summed E-state index contributed by atoms with van der Waals surface area (Å²) in [4.78, 5) is 40.5. The first-order valence-electron chi connectivity index (χ1n) is 8.92. The summed E-state index contributed by atoms with van der Waals surface area (Å²) in [5.41, 5.74) is 0.488. The Balaban J connectivity index is 1.58. The first-order valence-corrected chi connectivity index (χ1v) is 8.92. The number of hydrogen-bond acceptors (Lipinski definition) is 5. The van der Waals surface area contributed by atoms with E-state index in [9.17, 15) is 14.4 Å². The molecule has 29 heavy (non-hydrogen) atoms. The predicted molar refractivity (Wildman–Crippen MR) is 108 cm³/mol. The topological polar surface area (TPSA) is 100 Å². The maximum absolute atomic E-state index is 12.4. The first-order chi connectivity index (χ1) is 13.9. The number of hydrogen-bond donors (Lipinski definition) is 1. The summed E-state index contributed by atoms with van der Waals surface area (Å²) in [6.07, 6.45) is 1.37. The molecular weight excluding hydrogens is 374 g/mol. The van der Waals surface area contributed by atoms with Crippen molar-refractivity contribution in [3.63, 3.8) is 0 Å². The van der Waals surface area contributed by atoms with Gasteiger partial charge in [-0.1, -0.05) is 30.0 Å². The van der Waals surface area contributed by atoms with Crippen molar-refractivity contribution >= 4 is 17.1 Å². The molecule has 3 aromatic rings. The third-order valence-corrected chi connectivity index (χ3v) is 4.42. The fraction of sp³-hybridized carbons (Fsp3) is 0.300. The van der Waals surface area contributed by atoms with E-state index in [2.05, 4.69) is 22.1 Å². The van der Waals surface area contributed by atoms with Crippen LogP contribution in [0, 0.1) is 18.8 Å². The van der Waals surface area contributed by atoms with E-state index in [1.54, 1.807) is 0 Å². The predicted octanol–water partition coefficient (Wildman–Crippen LogP) is -0.0593. The molecule has 2 aromatic heterocycles. The van der Waals surface area contributed by atoms with Gasteiger partial charge in [0.1, 0.15) is 18.9 Å². The van der Waals surface area contributed by atoms with Crippen LogP contribution in [-0.2, 0) is 25.4 Å². The van der Waals surface area contributed by atoms with Crippen molar-refractivity contribution in [1.29, 1.82) is 0 Å². The lowest BCUT2D eigenvalue weighted by molar-refractivity contribution is -0.121. The fourth-order valence-electron chi connectivity index (χ4n) is 2.82. The van der Waals surface area contributed by atoms with E-state index in [0.29, 0.717) is 0 Å². The quantitative estimate of drug-likeness (QED) is 0.610. The van der Waals surface area contributed by atoms with Gasteiger partial charge in [-0.3, -0.25) is 18.7 Å². The third kappa shape index (κ3) is 4.21. The molecule has 3 rings (SSSR count). The van der Waals surface area contributed by atoms with E-state index in [0.717, 1.165) is 15.9 Å². The number of nitrogens with zero attached hydrogens (tertiary/aromatic N) is 4. The number of imidazole rings is 1. The second-order valence-electron chi connectivity index (χ2n) is 6.43. The molecule has 9 heteroatoms. The average Bonchev–Trinajstić information content (AvgIpc) is 3.12. The van der Waals surface area contributed by atoms with Crippen molar-refractivity contribution in [3.8, 4) is 17.6 Å². The van der Waals surface area contributed by atoms with Gasteiger partial charge in [-0.15, -0.1) is 0 Å². The Hall–Kier alpha value is -3.80. The standard InChI is InChI=1S/C20H21N5O4/c1-14-8-4-5-9-15(14)29-11-7-6-10-21-16(26)12-25-13-22-18-17(25)19(27)24(3)20(28)23(18)2/h4-5,8-9,13H,10-12H2,1-3H3,(H,21,26). The highest BCUT2D eigenvalue weighted by Gasteiger charge is 2.15. The molecule has 0 spiro atoms. The number of aryl methyl sites for hydroxylation is 2. The molecule has 0 aliphatic rings. The molecule has 0 radical (unpaired) electrons. The van der Waals surface area contributed by atoms with Crippen LogP contribution in [0.4, 0.5) is 0 Å². The van der Waals surface area contributed by atoms with Crippen LogP contribution >= 0.6 is 0 Å². The molecular formula is C20H21N5O4. The zero-order valence-electron chi connectivity index (χ0n) is 16.4. The van der Waals surface area contributed by atoms with Crippen LogP contribution in [0.5, 0.6) is 5.75 Å². The second kappa shape index (κ2) is 8.48. The Labute approximate surface area is 166 Å². The smallest absolute Gasteiger partial charge is 0.332 e. The zero-order chi connectivity index (χ0) is 21.0. The summed E-state index contributed by atoms with van der Waals surface area (Å²) >= 11 is 0. The van der Waals surface area contributed by atoms with E-state index < -0.39 is 11.2 Å². The lowest BCUT2D eigenvalue weighted by Gasteiger charge is -2.06. The Morgan fingerprint density at radius 3 is 2.69 bits per heavy atom. The minimum absolute atomic E-state index is 0.106. The zero-order valence-corrected chi connectivity index (χ0v) is 16.4. The van der Waals surface area contributed by atoms with Crippen LogP contribution in [0.3, 0.4) is 0 Å². The van der Waals surface area contributed by atoms with E-state index in [1.807, 2.05) is 31.2 Å². The molecule has 2 heterocycles. The SMILES string of the molecule is Cc1ccccc1OCC#CCNC(=O)Cn1cnc2c1c(=O)n(C)c(=O)n2C. The maximum atomic E-state index is 12.4. The van der Waals surface area contributed by atoms with Crippen LogP contribution < -0.4 is 21.3 Å². The highest BCUT2D eigenvalue weighted by Crippen LogP contribution is 2.15. The molecule has 1 aromatic carbocycles. The van der Waals surface area contributed by atoms with Gasteiger partial charge < -0.3 is 14.6 Å². The molecule has 0 saturated carbocycles.